The third kappa shape index (κ3) is 4.97. The van der Waals surface area contributed by atoms with Crippen LogP contribution in [0.15, 0.2) is 65.6 Å². The molecule has 34 heavy (non-hydrogen) atoms. The summed E-state index contributed by atoms with van der Waals surface area (Å²) in [5, 5.41) is 12.0. The van der Waals surface area contributed by atoms with Gasteiger partial charge in [-0.3, -0.25) is 14.8 Å². The van der Waals surface area contributed by atoms with E-state index in [4.69, 9.17) is 21.7 Å². The van der Waals surface area contributed by atoms with Crippen LogP contribution >= 0.6 is 11.6 Å². The number of aromatic nitrogens is 3. The van der Waals surface area contributed by atoms with Gasteiger partial charge < -0.3 is 14.6 Å². The van der Waals surface area contributed by atoms with E-state index < -0.39 is 18.3 Å². The largest absolute Gasteiger partial charge is 0.468 e. The molecule has 0 atom stereocenters. The van der Waals surface area contributed by atoms with Gasteiger partial charge in [0.2, 0.25) is 5.88 Å². The third-order valence-corrected chi connectivity index (χ3v) is 5.21. The van der Waals surface area contributed by atoms with Crippen LogP contribution in [0.3, 0.4) is 0 Å². The van der Waals surface area contributed by atoms with E-state index in [1.807, 2.05) is 0 Å². The highest BCUT2D eigenvalue weighted by atomic mass is 35.5. The van der Waals surface area contributed by atoms with Crippen LogP contribution in [0.25, 0.3) is 27.8 Å². The number of benzene rings is 1. The minimum absolute atomic E-state index is 0.135. The fraction of sp³-hybridized carbons (Fsp3) is 0.174. The lowest BCUT2D eigenvalue weighted by atomic mass is 10.1. The van der Waals surface area contributed by atoms with Crippen LogP contribution in [0.4, 0.5) is 13.2 Å². The predicted molar refractivity (Wildman–Crippen MR) is 122 cm³/mol. The number of nitrogens with one attached hydrogen (secondary N) is 2. The zero-order chi connectivity index (χ0) is 24.5. The average Bonchev–Trinajstić information content (AvgIpc) is 2.79. The number of alkyl halides is 3. The normalized spacial score (nSPS) is 11.7. The quantitative estimate of drug-likeness (QED) is 0.427. The molecule has 0 radical (unpaired) electrons. The van der Waals surface area contributed by atoms with Crippen molar-refractivity contribution >= 4 is 22.6 Å². The van der Waals surface area contributed by atoms with Crippen molar-refractivity contribution in [2.45, 2.75) is 12.8 Å². The molecule has 2 N–H and O–H groups in total. The Morgan fingerprint density at radius 1 is 1.12 bits per heavy atom. The summed E-state index contributed by atoms with van der Waals surface area (Å²) in [6.45, 7) is -1.13. The van der Waals surface area contributed by atoms with Crippen molar-refractivity contribution in [1.29, 1.82) is 5.41 Å². The fourth-order valence-electron chi connectivity index (χ4n) is 3.45. The number of hydrogen-bond acceptors (Lipinski definition) is 5. The van der Waals surface area contributed by atoms with E-state index in [2.05, 4.69) is 10.3 Å². The monoisotopic (exact) mass is 489 g/mol. The number of ether oxygens (including phenoxy) is 1. The van der Waals surface area contributed by atoms with Gasteiger partial charge in [-0.05, 0) is 55.6 Å². The standard InChI is InChI=1S/C23H19ClF3N5O2/c1-29-13-31-11-15(2-8-19(31)28)18-10-14-3-9-20(34-12-23(25,26)27)30-21(14)32(22(18)33)17-6-4-16(24)5-7-17/h2-11,28-29H,12-13H2,1H3. The maximum Gasteiger partial charge on any atom is 0.422 e. The Morgan fingerprint density at radius 3 is 2.53 bits per heavy atom. The molecule has 0 fully saturated rings. The lowest BCUT2D eigenvalue weighted by molar-refractivity contribution is -0.154. The number of fused-ring (bicyclic) bond motifs is 1. The first-order valence-corrected chi connectivity index (χ1v) is 10.5. The second kappa shape index (κ2) is 9.32. The lowest BCUT2D eigenvalue weighted by Gasteiger charge is -2.15. The summed E-state index contributed by atoms with van der Waals surface area (Å²) in [7, 11) is 1.74. The highest BCUT2D eigenvalue weighted by molar-refractivity contribution is 6.30. The molecule has 4 rings (SSSR count). The molecule has 3 heterocycles. The summed E-state index contributed by atoms with van der Waals surface area (Å²) in [5.74, 6) is -0.259. The third-order valence-electron chi connectivity index (χ3n) is 4.96. The van der Waals surface area contributed by atoms with Crippen LogP contribution in [0.2, 0.25) is 5.02 Å². The summed E-state index contributed by atoms with van der Waals surface area (Å²) in [4.78, 5) is 17.8. The number of pyridine rings is 3. The molecular formula is C23H19ClF3N5O2. The predicted octanol–water partition coefficient (Wildman–Crippen LogP) is 4.11. The molecule has 0 bridgehead atoms. The average molecular weight is 490 g/mol. The second-order valence-electron chi connectivity index (χ2n) is 7.43. The molecular weight excluding hydrogens is 471 g/mol. The zero-order valence-electron chi connectivity index (χ0n) is 17.9. The van der Waals surface area contributed by atoms with Gasteiger partial charge in [-0.15, -0.1) is 0 Å². The van der Waals surface area contributed by atoms with Gasteiger partial charge in [0.25, 0.3) is 5.56 Å². The van der Waals surface area contributed by atoms with E-state index in [9.17, 15) is 18.0 Å². The zero-order valence-corrected chi connectivity index (χ0v) is 18.6. The number of rotatable bonds is 6. The van der Waals surface area contributed by atoms with Gasteiger partial charge in [0, 0.05) is 33.8 Å². The first-order chi connectivity index (χ1) is 16.2. The van der Waals surface area contributed by atoms with E-state index in [-0.39, 0.29) is 17.0 Å². The van der Waals surface area contributed by atoms with Gasteiger partial charge in [0.1, 0.15) is 5.49 Å². The molecule has 176 valence electrons. The highest BCUT2D eigenvalue weighted by Gasteiger charge is 2.28. The molecule has 0 aliphatic rings. The van der Waals surface area contributed by atoms with Crippen molar-refractivity contribution in [1.82, 2.24) is 19.4 Å². The molecule has 0 amide bonds. The number of halogens is 4. The van der Waals surface area contributed by atoms with Crippen LogP contribution in [0.5, 0.6) is 5.88 Å². The topological polar surface area (TPSA) is 84.9 Å². The Morgan fingerprint density at radius 2 is 1.85 bits per heavy atom. The van der Waals surface area contributed by atoms with Crippen LogP contribution in [-0.2, 0) is 6.67 Å². The van der Waals surface area contributed by atoms with E-state index in [0.717, 1.165) is 0 Å². The van der Waals surface area contributed by atoms with Gasteiger partial charge in [0.05, 0.1) is 12.4 Å². The number of hydrogen-bond donors (Lipinski definition) is 2. The second-order valence-corrected chi connectivity index (χ2v) is 7.86. The van der Waals surface area contributed by atoms with E-state index in [1.165, 1.54) is 10.6 Å². The molecule has 0 spiro atoms. The summed E-state index contributed by atoms with van der Waals surface area (Å²) in [6, 6.07) is 14.2. The molecule has 4 aromatic rings. The lowest BCUT2D eigenvalue weighted by Crippen LogP contribution is -2.26. The molecule has 0 aliphatic heterocycles. The van der Waals surface area contributed by atoms with Gasteiger partial charge in [0.15, 0.2) is 12.3 Å². The van der Waals surface area contributed by atoms with Gasteiger partial charge in [-0.1, -0.05) is 11.6 Å². The van der Waals surface area contributed by atoms with E-state index >= 15 is 0 Å². The molecule has 11 heteroatoms. The Labute approximate surface area is 196 Å². The smallest absolute Gasteiger partial charge is 0.422 e. The summed E-state index contributed by atoms with van der Waals surface area (Å²) in [6.07, 6.45) is -2.84. The fourth-order valence-corrected chi connectivity index (χ4v) is 3.57. The molecule has 3 aromatic heterocycles. The number of nitrogens with zero attached hydrogens (tertiary/aromatic N) is 3. The Bertz CT molecular complexity index is 1460. The first kappa shape index (κ1) is 23.5. The van der Waals surface area contributed by atoms with Gasteiger partial charge in [-0.2, -0.15) is 18.2 Å². The molecule has 0 saturated heterocycles. The molecule has 0 unspecified atom stereocenters. The molecule has 0 saturated carbocycles. The van der Waals surface area contributed by atoms with Crippen molar-refractivity contribution in [2.24, 2.45) is 0 Å². The van der Waals surface area contributed by atoms with Crippen molar-refractivity contribution in [3.63, 3.8) is 0 Å². The minimum Gasteiger partial charge on any atom is -0.468 e. The van der Waals surface area contributed by atoms with Crippen molar-refractivity contribution in [3.05, 3.63) is 81.7 Å². The maximum absolute atomic E-state index is 13.6. The Balaban J connectivity index is 1.95. The molecule has 7 nitrogen and oxygen atoms in total. The van der Waals surface area contributed by atoms with E-state index in [0.29, 0.717) is 33.9 Å². The molecule has 0 aliphatic carbocycles. The minimum atomic E-state index is -4.52. The summed E-state index contributed by atoms with van der Waals surface area (Å²) < 4.78 is 45.6. The van der Waals surface area contributed by atoms with Crippen LogP contribution in [0.1, 0.15) is 0 Å². The highest BCUT2D eigenvalue weighted by Crippen LogP contribution is 2.25. The van der Waals surface area contributed by atoms with Crippen LogP contribution < -0.4 is 21.1 Å². The van der Waals surface area contributed by atoms with Gasteiger partial charge in [-0.25, -0.2) is 0 Å². The van der Waals surface area contributed by atoms with Crippen molar-refractivity contribution < 1.29 is 17.9 Å². The van der Waals surface area contributed by atoms with Crippen molar-refractivity contribution in [3.8, 4) is 22.7 Å². The molecule has 1 aromatic carbocycles. The summed E-state index contributed by atoms with van der Waals surface area (Å²) in [5.41, 5.74) is 1.28. The Kier molecular flexibility index (Phi) is 6.45. The van der Waals surface area contributed by atoms with E-state index in [1.54, 1.807) is 66.3 Å². The van der Waals surface area contributed by atoms with Crippen molar-refractivity contribution in [2.75, 3.05) is 13.7 Å². The first-order valence-electron chi connectivity index (χ1n) is 10.1. The van der Waals surface area contributed by atoms with Crippen LogP contribution in [-0.4, -0.2) is 33.9 Å². The van der Waals surface area contributed by atoms with Crippen LogP contribution in [0, 0.1) is 5.41 Å². The summed E-state index contributed by atoms with van der Waals surface area (Å²) >= 11 is 6.00. The SMILES string of the molecule is CNCn1cc(-c2cc3ccc(OCC(F)(F)F)nc3n(-c3ccc(Cl)cc3)c2=O)ccc1=N. The van der Waals surface area contributed by atoms with Gasteiger partial charge >= 0.3 is 6.18 Å². The maximum atomic E-state index is 13.6. The Hall–Kier alpha value is -3.63.